The van der Waals surface area contributed by atoms with E-state index in [1.807, 2.05) is 0 Å². The number of hydrogen-bond acceptors (Lipinski definition) is 4. The molecule has 0 saturated carbocycles. The van der Waals surface area contributed by atoms with Crippen molar-refractivity contribution in [2.75, 3.05) is 27.9 Å². The second-order valence-electron chi connectivity index (χ2n) is 8.36. The third-order valence-corrected chi connectivity index (χ3v) is 6.25. The maximum Gasteiger partial charge on any atom is 0.313 e. The van der Waals surface area contributed by atoms with E-state index in [4.69, 9.17) is 18.9 Å². The third kappa shape index (κ3) is 10.6. The van der Waals surface area contributed by atoms with Crippen molar-refractivity contribution in [3.63, 3.8) is 0 Å². The molecule has 29 heavy (non-hydrogen) atoms. The molecule has 0 bridgehead atoms. The normalized spacial score (nSPS) is 14.3. The van der Waals surface area contributed by atoms with Crippen molar-refractivity contribution in [2.24, 2.45) is 0 Å². The Morgan fingerprint density at radius 1 is 0.517 bits per heavy atom. The van der Waals surface area contributed by atoms with E-state index >= 15 is 0 Å². The molecule has 0 aliphatic carbocycles. The Morgan fingerprint density at radius 2 is 0.931 bits per heavy atom. The Hall–Kier alpha value is -0.160. The van der Waals surface area contributed by atoms with Gasteiger partial charge in [0.05, 0.1) is 0 Å². The third-order valence-electron chi connectivity index (χ3n) is 6.25. The highest BCUT2D eigenvalue weighted by Crippen LogP contribution is 2.39. The first-order valence-corrected chi connectivity index (χ1v) is 12.4. The van der Waals surface area contributed by atoms with Gasteiger partial charge in [0.15, 0.2) is 0 Å². The lowest BCUT2D eigenvalue weighted by atomic mass is 9.89. The topological polar surface area (TPSA) is 36.9 Å². The molecule has 0 aliphatic rings. The van der Waals surface area contributed by atoms with E-state index in [9.17, 15) is 0 Å². The predicted octanol–water partition coefficient (Wildman–Crippen LogP) is 7.64. The number of rotatable bonds is 22. The van der Waals surface area contributed by atoms with Crippen LogP contribution in [0.5, 0.6) is 0 Å². The van der Waals surface area contributed by atoms with Crippen molar-refractivity contribution in [2.45, 2.75) is 135 Å². The zero-order chi connectivity index (χ0) is 21.8. The summed E-state index contributed by atoms with van der Waals surface area (Å²) in [5, 5.41) is 0. The van der Waals surface area contributed by atoms with Crippen molar-refractivity contribution in [1.82, 2.24) is 0 Å². The molecule has 0 aromatic heterocycles. The van der Waals surface area contributed by atoms with Crippen LogP contribution in [0.25, 0.3) is 0 Å². The van der Waals surface area contributed by atoms with Crippen molar-refractivity contribution in [3.8, 4) is 0 Å². The van der Waals surface area contributed by atoms with Crippen LogP contribution in [0.2, 0.25) is 0 Å². The van der Waals surface area contributed by atoms with Gasteiger partial charge >= 0.3 is 5.97 Å². The summed E-state index contributed by atoms with van der Waals surface area (Å²) in [5.74, 6) is -1.15. The summed E-state index contributed by atoms with van der Waals surface area (Å²) in [6.45, 7) is 7.40. The summed E-state index contributed by atoms with van der Waals surface area (Å²) in [4.78, 5) is 0. The molecule has 0 spiro atoms. The Kier molecular flexibility index (Phi) is 18.5. The molecule has 176 valence electrons. The van der Waals surface area contributed by atoms with Crippen molar-refractivity contribution in [3.05, 3.63) is 0 Å². The molecule has 0 heterocycles. The van der Waals surface area contributed by atoms with E-state index in [-0.39, 0.29) is 0 Å². The first kappa shape index (κ1) is 28.8. The fourth-order valence-electron chi connectivity index (χ4n) is 4.31. The van der Waals surface area contributed by atoms with Gasteiger partial charge in [-0.2, -0.15) is 0 Å². The molecule has 0 radical (unpaired) electrons. The monoisotopic (exact) mass is 416 g/mol. The van der Waals surface area contributed by atoms with Gasteiger partial charge in [0.2, 0.25) is 0 Å². The Morgan fingerprint density at radius 3 is 1.34 bits per heavy atom. The Balaban J connectivity index is 4.62. The molecule has 4 heteroatoms. The predicted molar refractivity (Wildman–Crippen MR) is 123 cm³/mol. The van der Waals surface area contributed by atoms with Gasteiger partial charge in [-0.05, 0) is 19.3 Å². The van der Waals surface area contributed by atoms with Gasteiger partial charge in [-0.25, -0.2) is 0 Å². The smallest absolute Gasteiger partial charge is 0.313 e. The molecule has 0 amide bonds. The van der Waals surface area contributed by atoms with Crippen LogP contribution >= 0.6 is 0 Å². The second-order valence-corrected chi connectivity index (χ2v) is 8.36. The first-order valence-electron chi connectivity index (χ1n) is 12.4. The van der Waals surface area contributed by atoms with E-state index in [1.165, 1.54) is 77.0 Å². The molecular formula is C25H52O4. The van der Waals surface area contributed by atoms with Gasteiger partial charge in [-0.15, -0.1) is 0 Å². The van der Waals surface area contributed by atoms with E-state index in [1.54, 1.807) is 21.3 Å². The second kappa shape index (κ2) is 18.6. The molecule has 1 unspecified atom stereocenters. The minimum Gasteiger partial charge on any atom is -0.367 e. The Bertz CT molecular complexity index is 335. The highest BCUT2D eigenvalue weighted by molar-refractivity contribution is 4.90. The molecule has 0 fully saturated rings. The number of ether oxygens (including phenoxy) is 4. The minimum absolute atomic E-state index is 0.572. The van der Waals surface area contributed by atoms with Gasteiger partial charge in [0.1, 0.15) is 5.60 Å². The van der Waals surface area contributed by atoms with Crippen LogP contribution in [-0.2, 0) is 18.9 Å². The summed E-state index contributed by atoms with van der Waals surface area (Å²) in [7, 11) is 4.95. The molecule has 0 aromatic carbocycles. The first-order chi connectivity index (χ1) is 14.1. The van der Waals surface area contributed by atoms with Crippen LogP contribution in [0.1, 0.15) is 124 Å². The molecular weight excluding hydrogens is 364 g/mol. The van der Waals surface area contributed by atoms with E-state index in [0.717, 1.165) is 32.3 Å². The van der Waals surface area contributed by atoms with Gasteiger partial charge in [0, 0.05) is 27.9 Å². The van der Waals surface area contributed by atoms with Crippen LogP contribution in [0.3, 0.4) is 0 Å². The summed E-state index contributed by atoms with van der Waals surface area (Å²) < 4.78 is 23.8. The van der Waals surface area contributed by atoms with Crippen LogP contribution in [0.4, 0.5) is 0 Å². The average Bonchev–Trinajstić information content (AvgIpc) is 2.75. The largest absolute Gasteiger partial charge is 0.367 e. The molecule has 0 saturated heterocycles. The maximum atomic E-state index is 6.51. The standard InChI is InChI=1S/C25H52O4/c1-7-10-12-14-16-17-19-21-23-29-24(9-3,25(26-4,27-5)28-6)22-20-18-15-13-11-8-2/h7-23H2,1-6H3. The van der Waals surface area contributed by atoms with Crippen molar-refractivity contribution in [1.29, 1.82) is 0 Å². The van der Waals surface area contributed by atoms with Gasteiger partial charge < -0.3 is 18.9 Å². The minimum atomic E-state index is -1.15. The van der Waals surface area contributed by atoms with E-state index in [0.29, 0.717) is 0 Å². The van der Waals surface area contributed by atoms with E-state index < -0.39 is 11.6 Å². The molecule has 4 nitrogen and oxygen atoms in total. The SMILES string of the molecule is CCCCCCCCCCOC(CC)(CCCCCCCC)C(OC)(OC)OC. The number of unbranched alkanes of at least 4 members (excludes halogenated alkanes) is 12. The molecule has 0 N–H and O–H groups in total. The number of methoxy groups -OCH3 is 3. The lowest BCUT2D eigenvalue weighted by Gasteiger charge is -2.46. The summed E-state index contributed by atoms with van der Waals surface area (Å²) in [6.07, 6.45) is 19.6. The molecule has 0 aromatic rings. The zero-order valence-corrected chi connectivity index (χ0v) is 20.7. The lowest BCUT2D eigenvalue weighted by molar-refractivity contribution is -0.428. The fourth-order valence-corrected chi connectivity index (χ4v) is 4.31. The Labute approximate surface area is 182 Å². The summed E-state index contributed by atoms with van der Waals surface area (Å²) in [5.41, 5.74) is -0.572. The van der Waals surface area contributed by atoms with E-state index in [2.05, 4.69) is 20.8 Å². The molecule has 0 rings (SSSR count). The van der Waals surface area contributed by atoms with Crippen LogP contribution < -0.4 is 0 Å². The van der Waals surface area contributed by atoms with Crippen LogP contribution in [0.15, 0.2) is 0 Å². The molecule has 0 aliphatic heterocycles. The number of hydrogen-bond donors (Lipinski definition) is 0. The fraction of sp³-hybridized carbons (Fsp3) is 1.00. The highest BCUT2D eigenvalue weighted by Gasteiger charge is 2.53. The van der Waals surface area contributed by atoms with Crippen molar-refractivity contribution < 1.29 is 18.9 Å². The van der Waals surface area contributed by atoms with Gasteiger partial charge in [0.25, 0.3) is 0 Å². The van der Waals surface area contributed by atoms with Crippen molar-refractivity contribution >= 4 is 0 Å². The highest BCUT2D eigenvalue weighted by atomic mass is 16.9. The zero-order valence-electron chi connectivity index (χ0n) is 20.7. The van der Waals surface area contributed by atoms with Crippen LogP contribution in [-0.4, -0.2) is 39.5 Å². The maximum absolute atomic E-state index is 6.51. The van der Waals surface area contributed by atoms with Gasteiger partial charge in [-0.3, -0.25) is 0 Å². The molecule has 1 atom stereocenters. The lowest BCUT2D eigenvalue weighted by Crippen LogP contribution is -2.59. The quantitative estimate of drug-likeness (QED) is 0.134. The van der Waals surface area contributed by atoms with Crippen LogP contribution in [0, 0.1) is 0 Å². The summed E-state index contributed by atoms with van der Waals surface area (Å²) >= 11 is 0. The average molecular weight is 417 g/mol. The van der Waals surface area contributed by atoms with Gasteiger partial charge in [-0.1, -0.05) is 104 Å². The summed E-state index contributed by atoms with van der Waals surface area (Å²) in [6, 6.07) is 0.